The topological polar surface area (TPSA) is 69.7 Å². The molecule has 7 heteroatoms. The lowest BCUT2D eigenvalue weighted by Gasteiger charge is -2.26. The molecule has 1 aromatic carbocycles. The fourth-order valence-electron chi connectivity index (χ4n) is 3.38. The van der Waals surface area contributed by atoms with Crippen molar-refractivity contribution < 1.29 is 9.53 Å². The third kappa shape index (κ3) is 6.17. The van der Waals surface area contributed by atoms with Crippen LogP contribution in [-0.2, 0) is 4.74 Å². The zero-order valence-corrected chi connectivity index (χ0v) is 17.4. The van der Waals surface area contributed by atoms with E-state index in [-0.39, 0.29) is 5.91 Å². The van der Waals surface area contributed by atoms with E-state index in [0.29, 0.717) is 11.4 Å². The molecule has 1 saturated heterocycles. The number of amides is 1. The molecular weight excluding hydrogens is 366 g/mol. The maximum atomic E-state index is 12.6. The summed E-state index contributed by atoms with van der Waals surface area (Å²) in [5, 5.41) is 6.27. The van der Waals surface area contributed by atoms with Crippen LogP contribution in [0.4, 0.5) is 17.2 Å². The lowest BCUT2D eigenvalue weighted by atomic mass is 10.2. The van der Waals surface area contributed by atoms with Crippen molar-refractivity contribution in [2.24, 2.45) is 0 Å². The minimum atomic E-state index is -0.140. The number of aromatic nitrogens is 1. The Balaban J connectivity index is 1.53. The molecular formula is C22H31N5O2. The number of morpholine rings is 1. The van der Waals surface area contributed by atoms with Gasteiger partial charge in [-0.15, -0.1) is 0 Å². The van der Waals surface area contributed by atoms with Gasteiger partial charge in [-0.3, -0.25) is 9.69 Å². The standard InChI is InChI=1S/C22H31N5O2/c1-3-27(4-2)20-7-5-19(6-8-20)25-22(28)18-9-10-23-21(17-18)24-11-12-26-13-15-29-16-14-26/h5-10,17H,3-4,11-16H2,1-2H3,(H,23,24)(H,25,28). The van der Waals surface area contributed by atoms with Crippen LogP contribution in [0.25, 0.3) is 0 Å². The Morgan fingerprint density at radius 2 is 1.86 bits per heavy atom. The van der Waals surface area contributed by atoms with E-state index in [4.69, 9.17) is 4.74 Å². The Hall–Kier alpha value is -2.64. The van der Waals surface area contributed by atoms with Crippen LogP contribution in [0.15, 0.2) is 42.6 Å². The molecule has 0 saturated carbocycles. The highest BCUT2D eigenvalue weighted by molar-refractivity contribution is 6.04. The van der Waals surface area contributed by atoms with Gasteiger partial charge in [-0.05, 0) is 50.2 Å². The molecule has 2 heterocycles. The molecule has 0 spiro atoms. The van der Waals surface area contributed by atoms with Crippen LogP contribution in [0.2, 0.25) is 0 Å². The number of anilines is 3. The Bertz CT molecular complexity index is 771. The van der Waals surface area contributed by atoms with Gasteiger partial charge in [-0.1, -0.05) is 0 Å². The molecule has 1 aliphatic heterocycles. The van der Waals surface area contributed by atoms with E-state index in [0.717, 1.165) is 63.9 Å². The number of nitrogens with one attached hydrogen (secondary N) is 2. The second kappa shape index (κ2) is 10.8. The van der Waals surface area contributed by atoms with Crippen molar-refractivity contribution in [3.63, 3.8) is 0 Å². The summed E-state index contributed by atoms with van der Waals surface area (Å²) in [6.07, 6.45) is 1.66. The van der Waals surface area contributed by atoms with E-state index in [2.05, 4.69) is 39.3 Å². The average molecular weight is 398 g/mol. The van der Waals surface area contributed by atoms with Crippen LogP contribution in [0, 0.1) is 0 Å². The third-order valence-electron chi connectivity index (χ3n) is 5.11. The van der Waals surface area contributed by atoms with Gasteiger partial charge in [0.25, 0.3) is 5.91 Å². The number of nitrogens with zero attached hydrogens (tertiary/aromatic N) is 3. The lowest BCUT2D eigenvalue weighted by molar-refractivity contribution is 0.0398. The molecule has 0 bridgehead atoms. The molecule has 3 rings (SSSR count). The summed E-state index contributed by atoms with van der Waals surface area (Å²) in [6, 6.07) is 11.5. The predicted molar refractivity (Wildman–Crippen MR) is 118 cm³/mol. The number of hydrogen-bond acceptors (Lipinski definition) is 6. The Morgan fingerprint density at radius 3 is 2.55 bits per heavy atom. The van der Waals surface area contributed by atoms with E-state index in [1.807, 2.05) is 24.3 Å². The maximum Gasteiger partial charge on any atom is 0.255 e. The fourth-order valence-corrected chi connectivity index (χ4v) is 3.38. The zero-order chi connectivity index (χ0) is 20.5. The smallest absolute Gasteiger partial charge is 0.255 e. The largest absolute Gasteiger partial charge is 0.379 e. The number of ether oxygens (including phenoxy) is 1. The fraction of sp³-hybridized carbons (Fsp3) is 0.455. The quantitative estimate of drug-likeness (QED) is 0.678. The lowest BCUT2D eigenvalue weighted by Crippen LogP contribution is -2.39. The SMILES string of the molecule is CCN(CC)c1ccc(NC(=O)c2ccnc(NCCN3CCOCC3)c2)cc1. The van der Waals surface area contributed by atoms with Crippen LogP contribution in [0.3, 0.4) is 0 Å². The second-order valence-electron chi connectivity index (χ2n) is 6.98. The summed E-state index contributed by atoms with van der Waals surface area (Å²) in [7, 11) is 0. The average Bonchev–Trinajstić information content (AvgIpc) is 2.77. The summed E-state index contributed by atoms with van der Waals surface area (Å²) < 4.78 is 5.36. The van der Waals surface area contributed by atoms with E-state index in [9.17, 15) is 4.79 Å². The molecule has 156 valence electrons. The van der Waals surface area contributed by atoms with Crippen molar-refractivity contribution in [1.82, 2.24) is 9.88 Å². The number of benzene rings is 1. The molecule has 7 nitrogen and oxygen atoms in total. The van der Waals surface area contributed by atoms with Crippen molar-refractivity contribution in [1.29, 1.82) is 0 Å². The van der Waals surface area contributed by atoms with Crippen molar-refractivity contribution in [2.45, 2.75) is 13.8 Å². The molecule has 1 aliphatic rings. The van der Waals surface area contributed by atoms with Crippen LogP contribution in [-0.4, -0.2) is 68.3 Å². The number of hydrogen-bond donors (Lipinski definition) is 2. The van der Waals surface area contributed by atoms with Gasteiger partial charge in [-0.25, -0.2) is 4.98 Å². The number of pyridine rings is 1. The minimum absolute atomic E-state index is 0.140. The number of carbonyl (C=O) groups excluding carboxylic acids is 1. The summed E-state index contributed by atoms with van der Waals surface area (Å²) in [4.78, 5) is 21.6. The highest BCUT2D eigenvalue weighted by atomic mass is 16.5. The zero-order valence-electron chi connectivity index (χ0n) is 17.4. The monoisotopic (exact) mass is 397 g/mol. The molecule has 1 amide bonds. The predicted octanol–water partition coefficient (Wildman–Crippen LogP) is 2.92. The highest BCUT2D eigenvalue weighted by Gasteiger charge is 2.11. The molecule has 0 radical (unpaired) electrons. The first kappa shape index (κ1) is 21.1. The van der Waals surface area contributed by atoms with Gasteiger partial charge in [-0.2, -0.15) is 0 Å². The summed E-state index contributed by atoms with van der Waals surface area (Å²) in [6.45, 7) is 11.4. The van der Waals surface area contributed by atoms with Crippen LogP contribution in [0.1, 0.15) is 24.2 Å². The third-order valence-corrected chi connectivity index (χ3v) is 5.11. The van der Waals surface area contributed by atoms with E-state index in [1.165, 1.54) is 0 Å². The van der Waals surface area contributed by atoms with Crippen molar-refractivity contribution in [3.8, 4) is 0 Å². The molecule has 29 heavy (non-hydrogen) atoms. The van der Waals surface area contributed by atoms with Crippen molar-refractivity contribution in [2.75, 3.05) is 68.0 Å². The van der Waals surface area contributed by atoms with Gasteiger partial charge in [0.1, 0.15) is 5.82 Å². The number of rotatable bonds is 9. The van der Waals surface area contributed by atoms with Gasteiger partial charge >= 0.3 is 0 Å². The highest BCUT2D eigenvalue weighted by Crippen LogP contribution is 2.18. The second-order valence-corrected chi connectivity index (χ2v) is 6.98. The van der Waals surface area contributed by atoms with E-state index < -0.39 is 0 Å². The van der Waals surface area contributed by atoms with Gasteiger partial charge in [0.2, 0.25) is 0 Å². The Kier molecular flexibility index (Phi) is 7.84. The van der Waals surface area contributed by atoms with E-state index in [1.54, 1.807) is 18.3 Å². The summed E-state index contributed by atoms with van der Waals surface area (Å²) in [5.74, 6) is 0.571. The van der Waals surface area contributed by atoms with Crippen molar-refractivity contribution in [3.05, 3.63) is 48.2 Å². The van der Waals surface area contributed by atoms with Crippen molar-refractivity contribution >= 4 is 23.1 Å². The number of carbonyl (C=O) groups is 1. The molecule has 0 aliphatic carbocycles. The molecule has 0 atom stereocenters. The first-order chi connectivity index (χ1) is 14.2. The molecule has 1 fully saturated rings. The maximum absolute atomic E-state index is 12.6. The van der Waals surface area contributed by atoms with Gasteiger partial charge in [0.15, 0.2) is 0 Å². The summed E-state index contributed by atoms with van der Waals surface area (Å²) >= 11 is 0. The normalized spacial score (nSPS) is 14.4. The Morgan fingerprint density at radius 1 is 1.14 bits per heavy atom. The van der Waals surface area contributed by atoms with E-state index >= 15 is 0 Å². The van der Waals surface area contributed by atoms with Gasteiger partial charge in [0.05, 0.1) is 13.2 Å². The molecule has 2 N–H and O–H groups in total. The minimum Gasteiger partial charge on any atom is -0.379 e. The molecule has 0 unspecified atom stereocenters. The molecule has 1 aromatic heterocycles. The van der Waals surface area contributed by atoms with Gasteiger partial charge in [0, 0.05) is 62.4 Å². The first-order valence-corrected chi connectivity index (χ1v) is 10.4. The Labute approximate surface area is 173 Å². The van der Waals surface area contributed by atoms with Crippen LogP contribution < -0.4 is 15.5 Å². The summed E-state index contributed by atoms with van der Waals surface area (Å²) in [5.41, 5.74) is 2.52. The molecule has 2 aromatic rings. The first-order valence-electron chi connectivity index (χ1n) is 10.4. The van der Waals surface area contributed by atoms with Crippen LogP contribution in [0.5, 0.6) is 0 Å². The van der Waals surface area contributed by atoms with Gasteiger partial charge < -0.3 is 20.3 Å². The van der Waals surface area contributed by atoms with Crippen LogP contribution >= 0.6 is 0 Å².